The molecule has 3 aromatic rings. The third-order valence-electron chi connectivity index (χ3n) is 6.37. The highest BCUT2D eigenvalue weighted by Gasteiger charge is 2.28. The number of carbonyl (C=O) groups is 1. The second kappa shape index (κ2) is 8.32. The van der Waals surface area contributed by atoms with Gasteiger partial charge in [0.1, 0.15) is 17.0 Å². The van der Waals surface area contributed by atoms with E-state index in [1.54, 1.807) is 17.7 Å². The smallest absolute Gasteiger partial charge is 0.277 e. The highest BCUT2D eigenvalue weighted by Crippen LogP contribution is 2.40. The molecular weight excluding hydrogens is 394 g/mol. The van der Waals surface area contributed by atoms with Gasteiger partial charge in [0, 0.05) is 18.0 Å². The molecule has 1 amide bonds. The van der Waals surface area contributed by atoms with Crippen LogP contribution >= 0.6 is 11.3 Å². The number of amides is 1. The highest BCUT2D eigenvalue weighted by molar-refractivity contribution is 7.22. The van der Waals surface area contributed by atoms with Crippen LogP contribution in [0.1, 0.15) is 18.4 Å². The molecule has 2 aromatic heterocycles. The molecular formula is C23H28N5OS+. The molecule has 156 valence electrons. The molecule has 7 heteroatoms. The quantitative estimate of drug-likeness (QED) is 0.699. The Bertz CT molecular complexity index is 1040. The molecule has 5 rings (SSSR count). The number of anilines is 1. The largest absolute Gasteiger partial charge is 0.345 e. The fourth-order valence-corrected chi connectivity index (χ4v) is 5.81. The maximum atomic E-state index is 12.5. The summed E-state index contributed by atoms with van der Waals surface area (Å²) < 4.78 is 0. The number of aryl methyl sites for hydroxylation is 1. The maximum absolute atomic E-state index is 12.5. The molecule has 0 atom stereocenters. The van der Waals surface area contributed by atoms with Crippen molar-refractivity contribution in [2.24, 2.45) is 0 Å². The lowest BCUT2D eigenvalue weighted by molar-refractivity contribution is -0.892. The molecule has 2 saturated heterocycles. The number of nitrogens with zero attached hydrogens (tertiary/aromatic N) is 4. The van der Waals surface area contributed by atoms with E-state index in [4.69, 9.17) is 0 Å². The number of carbonyl (C=O) groups excluding carboxylic acids is 1. The zero-order valence-corrected chi connectivity index (χ0v) is 18.2. The van der Waals surface area contributed by atoms with Crippen molar-refractivity contribution in [1.29, 1.82) is 0 Å². The van der Waals surface area contributed by atoms with Gasteiger partial charge >= 0.3 is 0 Å². The van der Waals surface area contributed by atoms with Crippen LogP contribution in [0.15, 0.2) is 36.7 Å². The van der Waals surface area contributed by atoms with Crippen LogP contribution in [0.2, 0.25) is 0 Å². The molecule has 0 unspecified atom stereocenters. The van der Waals surface area contributed by atoms with Crippen LogP contribution < -0.4 is 9.80 Å². The summed E-state index contributed by atoms with van der Waals surface area (Å²) in [5, 5.41) is 1.18. The van der Waals surface area contributed by atoms with E-state index in [1.165, 1.54) is 26.3 Å². The van der Waals surface area contributed by atoms with E-state index in [0.717, 1.165) is 62.8 Å². The van der Waals surface area contributed by atoms with Gasteiger partial charge in [0.05, 0.1) is 31.6 Å². The summed E-state index contributed by atoms with van der Waals surface area (Å²) in [5.74, 6) is 1.36. The molecule has 2 fully saturated rings. The monoisotopic (exact) mass is 422 g/mol. The Kier molecular flexibility index (Phi) is 5.39. The lowest BCUT2D eigenvalue weighted by atomic mass is 10.1. The number of benzene rings is 1. The van der Waals surface area contributed by atoms with Gasteiger partial charge in [0.2, 0.25) is 0 Å². The Morgan fingerprint density at radius 1 is 1.07 bits per heavy atom. The SMILES string of the molecule is Cc1c(-c2ccccc2)sc2ncnc(N3CC[NH+](CC(=O)N4CCCC4)CC3)c12. The van der Waals surface area contributed by atoms with Crippen molar-refractivity contribution in [2.75, 3.05) is 50.7 Å². The third-order valence-corrected chi connectivity index (χ3v) is 7.62. The second-order valence-corrected chi connectivity index (χ2v) is 9.30. The first-order valence-electron chi connectivity index (χ1n) is 10.9. The summed E-state index contributed by atoms with van der Waals surface area (Å²) >= 11 is 1.75. The summed E-state index contributed by atoms with van der Waals surface area (Å²) in [6, 6.07) is 10.5. The van der Waals surface area contributed by atoms with Crippen molar-refractivity contribution in [1.82, 2.24) is 14.9 Å². The summed E-state index contributed by atoms with van der Waals surface area (Å²) in [5.41, 5.74) is 2.49. The number of quaternary nitrogens is 1. The minimum Gasteiger partial charge on any atom is -0.345 e. The summed E-state index contributed by atoms with van der Waals surface area (Å²) in [4.78, 5) is 29.9. The number of aromatic nitrogens is 2. The minimum atomic E-state index is 0.321. The first kappa shape index (κ1) is 19.5. The van der Waals surface area contributed by atoms with E-state index in [0.29, 0.717) is 12.5 Å². The Morgan fingerprint density at radius 2 is 1.80 bits per heavy atom. The van der Waals surface area contributed by atoms with Gasteiger partial charge in [-0.25, -0.2) is 9.97 Å². The number of fused-ring (bicyclic) bond motifs is 1. The molecule has 0 radical (unpaired) electrons. The Hall–Kier alpha value is -2.51. The van der Waals surface area contributed by atoms with Gasteiger partial charge in [0.25, 0.3) is 5.91 Å². The molecule has 1 N–H and O–H groups in total. The normalized spacial score (nSPS) is 17.8. The van der Waals surface area contributed by atoms with Crippen molar-refractivity contribution >= 4 is 33.3 Å². The van der Waals surface area contributed by atoms with Crippen LogP contribution in [0, 0.1) is 6.92 Å². The van der Waals surface area contributed by atoms with Crippen LogP contribution in [-0.4, -0.2) is 66.6 Å². The van der Waals surface area contributed by atoms with Crippen LogP contribution in [0.25, 0.3) is 20.7 Å². The second-order valence-electron chi connectivity index (χ2n) is 8.30. The first-order valence-corrected chi connectivity index (χ1v) is 11.7. The average molecular weight is 423 g/mol. The van der Waals surface area contributed by atoms with Gasteiger partial charge < -0.3 is 14.7 Å². The Labute approximate surface area is 181 Å². The number of nitrogens with one attached hydrogen (secondary N) is 1. The van der Waals surface area contributed by atoms with Crippen molar-refractivity contribution in [3.63, 3.8) is 0 Å². The van der Waals surface area contributed by atoms with Crippen molar-refractivity contribution in [3.8, 4) is 10.4 Å². The zero-order chi connectivity index (χ0) is 20.5. The number of rotatable bonds is 4. The predicted octanol–water partition coefficient (Wildman–Crippen LogP) is 1.99. The van der Waals surface area contributed by atoms with Gasteiger partial charge in [-0.1, -0.05) is 30.3 Å². The van der Waals surface area contributed by atoms with Gasteiger partial charge in [-0.2, -0.15) is 0 Å². The molecule has 30 heavy (non-hydrogen) atoms. The number of thiophene rings is 1. The van der Waals surface area contributed by atoms with E-state index in [-0.39, 0.29) is 0 Å². The fourth-order valence-electron chi connectivity index (χ4n) is 4.66. The van der Waals surface area contributed by atoms with Crippen LogP contribution in [0.4, 0.5) is 5.82 Å². The third kappa shape index (κ3) is 3.68. The molecule has 1 aromatic carbocycles. The topological polar surface area (TPSA) is 53.8 Å². The van der Waals surface area contributed by atoms with E-state index in [1.807, 2.05) is 11.0 Å². The Balaban J connectivity index is 1.33. The first-order chi connectivity index (χ1) is 14.7. The molecule has 0 aliphatic carbocycles. The molecule has 0 bridgehead atoms. The van der Waals surface area contributed by atoms with E-state index in [2.05, 4.69) is 46.1 Å². The van der Waals surface area contributed by atoms with Gasteiger partial charge in [-0.3, -0.25) is 4.79 Å². The maximum Gasteiger partial charge on any atom is 0.277 e. The molecule has 2 aliphatic rings. The standard InChI is InChI=1S/C23H27N5OS/c1-17-20-22(24-16-25-23(20)30-21(17)18-7-3-2-4-8-18)28-13-11-26(12-14-28)15-19(29)27-9-5-6-10-27/h2-4,7-8,16H,5-6,9-15H2,1H3/p+1. The number of piperazine rings is 1. The van der Waals surface area contributed by atoms with Crippen molar-refractivity contribution < 1.29 is 9.69 Å². The Morgan fingerprint density at radius 3 is 2.53 bits per heavy atom. The van der Waals surface area contributed by atoms with Gasteiger partial charge in [-0.05, 0) is 30.9 Å². The van der Waals surface area contributed by atoms with Crippen molar-refractivity contribution in [3.05, 3.63) is 42.2 Å². The zero-order valence-electron chi connectivity index (χ0n) is 17.4. The fraction of sp³-hybridized carbons (Fsp3) is 0.435. The molecule has 6 nitrogen and oxygen atoms in total. The molecule has 4 heterocycles. The van der Waals surface area contributed by atoms with E-state index < -0.39 is 0 Å². The van der Waals surface area contributed by atoms with E-state index in [9.17, 15) is 4.79 Å². The molecule has 0 spiro atoms. The molecule has 0 saturated carbocycles. The lowest BCUT2D eigenvalue weighted by Crippen LogP contribution is -3.15. The van der Waals surface area contributed by atoms with E-state index >= 15 is 0 Å². The summed E-state index contributed by atoms with van der Waals surface area (Å²) in [6.07, 6.45) is 4.01. The molecule has 2 aliphatic heterocycles. The summed E-state index contributed by atoms with van der Waals surface area (Å²) in [6.45, 7) is 8.48. The number of hydrogen-bond donors (Lipinski definition) is 1. The van der Waals surface area contributed by atoms with Gasteiger partial charge in [-0.15, -0.1) is 11.3 Å². The predicted molar refractivity (Wildman–Crippen MR) is 121 cm³/mol. The highest BCUT2D eigenvalue weighted by atomic mass is 32.1. The average Bonchev–Trinajstić information content (AvgIpc) is 3.44. The van der Waals surface area contributed by atoms with Crippen LogP contribution in [0.5, 0.6) is 0 Å². The summed E-state index contributed by atoms with van der Waals surface area (Å²) in [7, 11) is 0. The minimum absolute atomic E-state index is 0.321. The number of likely N-dealkylation sites (tertiary alicyclic amines) is 1. The number of hydrogen-bond acceptors (Lipinski definition) is 5. The van der Waals surface area contributed by atoms with Crippen molar-refractivity contribution in [2.45, 2.75) is 19.8 Å². The van der Waals surface area contributed by atoms with Gasteiger partial charge in [0.15, 0.2) is 6.54 Å². The van der Waals surface area contributed by atoms with Crippen LogP contribution in [0.3, 0.4) is 0 Å². The van der Waals surface area contributed by atoms with Crippen LogP contribution in [-0.2, 0) is 4.79 Å². The lowest BCUT2D eigenvalue weighted by Gasteiger charge is -2.33.